The number of likely N-dealkylation sites (tertiary alicyclic amines) is 1. The predicted molar refractivity (Wildman–Crippen MR) is 120 cm³/mol. The van der Waals surface area contributed by atoms with Crippen LogP contribution >= 0.6 is 0 Å². The number of carbonyl (C=O) groups excluding carboxylic acids is 1. The molecule has 1 saturated heterocycles. The molecule has 1 fully saturated rings. The van der Waals surface area contributed by atoms with Gasteiger partial charge in [0.15, 0.2) is 5.69 Å². The molecule has 0 aliphatic carbocycles. The Bertz CT molecular complexity index is 1180. The van der Waals surface area contributed by atoms with Crippen LogP contribution in [0.5, 0.6) is 5.75 Å². The Morgan fingerprint density at radius 3 is 2.66 bits per heavy atom. The minimum absolute atomic E-state index is 0.0398. The van der Waals surface area contributed by atoms with Crippen molar-refractivity contribution < 1.29 is 18.7 Å². The minimum atomic E-state index is -0.459. The van der Waals surface area contributed by atoms with Gasteiger partial charge in [0.2, 0.25) is 0 Å². The number of ether oxygens (including phenoxy) is 2. The lowest BCUT2D eigenvalue weighted by molar-refractivity contribution is 0.0520. The lowest BCUT2D eigenvalue weighted by Crippen LogP contribution is -2.42. The second-order valence-electron chi connectivity index (χ2n) is 8.02. The molecule has 0 unspecified atom stereocenters. The number of nitrogens with zero attached hydrogens (tertiary/aromatic N) is 3. The van der Waals surface area contributed by atoms with Crippen molar-refractivity contribution in [3.05, 3.63) is 65.9 Å². The van der Waals surface area contributed by atoms with Gasteiger partial charge >= 0.3 is 6.09 Å². The quantitative estimate of drug-likeness (QED) is 0.475. The molecule has 7 heteroatoms. The number of hydrogen-bond acceptors (Lipinski definition) is 4. The summed E-state index contributed by atoms with van der Waals surface area (Å²) in [6, 6.07) is 11.8. The minimum Gasteiger partial charge on any atom is -0.490 e. The van der Waals surface area contributed by atoms with Crippen LogP contribution in [0.3, 0.4) is 0 Å². The molecule has 0 N–H and O–H groups in total. The Hall–Kier alpha value is -3.66. The third-order valence-electron chi connectivity index (χ3n) is 5.43. The van der Waals surface area contributed by atoms with E-state index < -0.39 is 5.82 Å². The van der Waals surface area contributed by atoms with Gasteiger partial charge in [0, 0.05) is 48.6 Å². The molecule has 1 aliphatic rings. The van der Waals surface area contributed by atoms with E-state index in [4.69, 9.17) is 16.0 Å². The van der Waals surface area contributed by atoms with E-state index in [0.29, 0.717) is 48.3 Å². The molecule has 0 atom stereocenters. The van der Waals surface area contributed by atoms with E-state index in [2.05, 4.69) is 9.83 Å². The van der Waals surface area contributed by atoms with Crippen LogP contribution < -0.4 is 4.74 Å². The summed E-state index contributed by atoms with van der Waals surface area (Å²) < 4.78 is 26.2. The molecule has 2 heterocycles. The molecular weight excluding hydrogens is 409 g/mol. The molecule has 0 radical (unpaired) electrons. The average Bonchev–Trinajstić information content (AvgIpc) is 2.79. The SMILES string of the molecule is [C-]#[N+]c1ccc(-c2cccc3c(OC4CCN(C(=O)OC(C)C)CC4)ccnc23)c(F)c1. The number of para-hydroxylation sites is 1. The zero-order valence-electron chi connectivity index (χ0n) is 18.0. The van der Waals surface area contributed by atoms with Crippen molar-refractivity contribution >= 4 is 22.7 Å². The van der Waals surface area contributed by atoms with Gasteiger partial charge in [-0.15, -0.1) is 0 Å². The number of aromatic nitrogens is 1. The Morgan fingerprint density at radius 1 is 1.19 bits per heavy atom. The summed E-state index contributed by atoms with van der Waals surface area (Å²) in [6.07, 6.45) is 2.58. The number of pyridine rings is 1. The number of benzene rings is 2. The monoisotopic (exact) mass is 433 g/mol. The lowest BCUT2D eigenvalue weighted by Gasteiger charge is -2.32. The maximum Gasteiger partial charge on any atom is 0.410 e. The summed E-state index contributed by atoms with van der Waals surface area (Å²) in [5, 5.41) is 0.792. The summed E-state index contributed by atoms with van der Waals surface area (Å²) in [6.45, 7) is 11.9. The first-order valence-corrected chi connectivity index (χ1v) is 10.6. The van der Waals surface area contributed by atoms with Gasteiger partial charge in [-0.1, -0.05) is 24.3 Å². The van der Waals surface area contributed by atoms with Crippen LogP contribution in [0, 0.1) is 12.4 Å². The average molecular weight is 433 g/mol. The van der Waals surface area contributed by atoms with Crippen molar-refractivity contribution in [3.8, 4) is 16.9 Å². The van der Waals surface area contributed by atoms with Crippen molar-refractivity contribution in [1.29, 1.82) is 0 Å². The van der Waals surface area contributed by atoms with Crippen molar-refractivity contribution in [1.82, 2.24) is 9.88 Å². The third kappa shape index (κ3) is 4.50. The summed E-state index contributed by atoms with van der Waals surface area (Å²) in [5.41, 5.74) is 1.93. The highest BCUT2D eigenvalue weighted by atomic mass is 19.1. The van der Waals surface area contributed by atoms with Gasteiger partial charge in [-0.25, -0.2) is 14.0 Å². The zero-order valence-corrected chi connectivity index (χ0v) is 18.0. The molecule has 0 spiro atoms. The maximum absolute atomic E-state index is 14.7. The van der Waals surface area contributed by atoms with Crippen molar-refractivity contribution in [3.63, 3.8) is 0 Å². The molecule has 0 saturated carbocycles. The van der Waals surface area contributed by atoms with Crippen molar-refractivity contribution in [2.24, 2.45) is 0 Å². The molecule has 2 aromatic carbocycles. The molecule has 1 aliphatic heterocycles. The van der Waals surface area contributed by atoms with Crippen LogP contribution in [0.15, 0.2) is 48.7 Å². The van der Waals surface area contributed by atoms with E-state index in [9.17, 15) is 9.18 Å². The highest BCUT2D eigenvalue weighted by molar-refractivity contribution is 5.97. The molecule has 1 amide bonds. The van der Waals surface area contributed by atoms with Crippen LogP contribution in [-0.2, 0) is 4.74 Å². The van der Waals surface area contributed by atoms with Crippen molar-refractivity contribution in [2.45, 2.75) is 38.9 Å². The number of piperidine rings is 1. The number of rotatable bonds is 4. The highest BCUT2D eigenvalue weighted by Crippen LogP contribution is 2.35. The normalized spacial score (nSPS) is 14.4. The van der Waals surface area contributed by atoms with Crippen LogP contribution in [0.2, 0.25) is 0 Å². The fourth-order valence-corrected chi connectivity index (χ4v) is 3.87. The number of carbonyl (C=O) groups is 1. The van der Waals surface area contributed by atoms with E-state index in [1.807, 2.05) is 38.1 Å². The van der Waals surface area contributed by atoms with Gasteiger partial charge in [0.1, 0.15) is 17.7 Å². The molecular formula is C25H24FN3O3. The highest BCUT2D eigenvalue weighted by Gasteiger charge is 2.26. The van der Waals surface area contributed by atoms with Crippen LogP contribution in [0.1, 0.15) is 26.7 Å². The maximum atomic E-state index is 14.7. The Balaban J connectivity index is 1.55. The zero-order chi connectivity index (χ0) is 22.7. The Kier molecular flexibility index (Phi) is 6.22. The Morgan fingerprint density at radius 2 is 1.97 bits per heavy atom. The number of amides is 1. The fraction of sp³-hybridized carbons (Fsp3) is 0.320. The van der Waals surface area contributed by atoms with Gasteiger partial charge in [0.25, 0.3) is 0 Å². The largest absolute Gasteiger partial charge is 0.490 e. The van der Waals surface area contributed by atoms with Gasteiger partial charge in [-0.05, 0) is 32.0 Å². The predicted octanol–water partition coefficient (Wildman–Crippen LogP) is 5.98. The van der Waals surface area contributed by atoms with Crippen LogP contribution in [0.25, 0.3) is 26.9 Å². The van der Waals surface area contributed by atoms with Gasteiger partial charge < -0.3 is 14.4 Å². The molecule has 0 bridgehead atoms. The first-order valence-electron chi connectivity index (χ1n) is 10.6. The molecule has 164 valence electrons. The molecule has 32 heavy (non-hydrogen) atoms. The standard InChI is InChI=1S/C25H24FN3O3/c1-16(2)31-25(30)29-13-10-18(11-14-29)32-23-9-12-28-24-20(5-4-6-21(23)24)19-8-7-17(27-3)15-22(19)26/h4-9,12,15-16,18H,10-11,13-14H2,1-2H3. The number of hydrogen-bond donors (Lipinski definition) is 0. The molecule has 6 nitrogen and oxygen atoms in total. The number of halogens is 1. The van der Waals surface area contributed by atoms with E-state index in [0.717, 1.165) is 5.39 Å². The Labute approximate surface area is 186 Å². The summed E-state index contributed by atoms with van der Waals surface area (Å²) in [4.78, 5) is 21.6. The number of fused-ring (bicyclic) bond motifs is 1. The summed E-state index contributed by atoms with van der Waals surface area (Å²) in [7, 11) is 0. The van der Waals surface area contributed by atoms with E-state index in [-0.39, 0.29) is 24.0 Å². The second-order valence-corrected chi connectivity index (χ2v) is 8.02. The third-order valence-corrected chi connectivity index (χ3v) is 5.43. The van der Waals surface area contributed by atoms with Crippen LogP contribution in [0.4, 0.5) is 14.9 Å². The van der Waals surface area contributed by atoms with E-state index >= 15 is 0 Å². The second kappa shape index (κ2) is 9.23. The molecule has 3 aromatic rings. The summed E-state index contributed by atoms with van der Waals surface area (Å²) in [5.74, 6) is 0.220. The first kappa shape index (κ1) is 21.6. The topological polar surface area (TPSA) is 56.0 Å². The fourth-order valence-electron chi connectivity index (χ4n) is 3.87. The molecule has 4 rings (SSSR count). The first-order chi connectivity index (χ1) is 15.5. The van der Waals surface area contributed by atoms with E-state index in [1.54, 1.807) is 23.2 Å². The van der Waals surface area contributed by atoms with Gasteiger partial charge in [0.05, 0.1) is 18.2 Å². The lowest BCUT2D eigenvalue weighted by atomic mass is 10.0. The summed E-state index contributed by atoms with van der Waals surface area (Å²) >= 11 is 0. The smallest absolute Gasteiger partial charge is 0.410 e. The van der Waals surface area contributed by atoms with Gasteiger partial charge in [-0.3, -0.25) is 4.98 Å². The van der Waals surface area contributed by atoms with Crippen LogP contribution in [-0.4, -0.2) is 41.3 Å². The van der Waals surface area contributed by atoms with E-state index in [1.165, 1.54) is 6.07 Å². The van der Waals surface area contributed by atoms with Crippen molar-refractivity contribution in [2.75, 3.05) is 13.1 Å². The molecule has 1 aromatic heterocycles. The van der Waals surface area contributed by atoms with Gasteiger partial charge in [-0.2, -0.15) is 0 Å².